The van der Waals surface area contributed by atoms with E-state index >= 15 is 0 Å². The van der Waals surface area contributed by atoms with Crippen molar-refractivity contribution in [3.63, 3.8) is 0 Å². The summed E-state index contributed by atoms with van der Waals surface area (Å²) in [7, 11) is 0. The first kappa shape index (κ1) is 9.39. The van der Waals surface area contributed by atoms with E-state index < -0.39 is 0 Å². The van der Waals surface area contributed by atoms with E-state index in [2.05, 4.69) is 10.3 Å². The lowest BCUT2D eigenvalue weighted by atomic mass is 10.3. The van der Waals surface area contributed by atoms with Crippen molar-refractivity contribution in [1.82, 2.24) is 15.0 Å². The molecule has 5 nitrogen and oxygen atoms in total. The minimum absolute atomic E-state index is 0.330. The van der Waals surface area contributed by atoms with Gasteiger partial charge in [-0.1, -0.05) is 5.21 Å². The number of ether oxygens (including phenoxy) is 1. The van der Waals surface area contributed by atoms with Gasteiger partial charge in [-0.05, 0) is 24.3 Å². The molecule has 1 heterocycles. The van der Waals surface area contributed by atoms with Gasteiger partial charge in [0.15, 0.2) is 0 Å². The number of esters is 1. The highest BCUT2D eigenvalue weighted by Crippen LogP contribution is 2.14. The van der Waals surface area contributed by atoms with Crippen LogP contribution in [0.1, 0.15) is 6.92 Å². The van der Waals surface area contributed by atoms with Crippen LogP contribution in [-0.4, -0.2) is 21.0 Å². The van der Waals surface area contributed by atoms with Gasteiger partial charge in [-0.3, -0.25) is 4.79 Å². The van der Waals surface area contributed by atoms with E-state index in [-0.39, 0.29) is 5.97 Å². The van der Waals surface area contributed by atoms with Crippen LogP contribution in [0.25, 0.3) is 5.69 Å². The largest absolute Gasteiger partial charge is 0.427 e. The number of nitrogens with zero attached hydrogens (tertiary/aromatic N) is 3. The van der Waals surface area contributed by atoms with Crippen LogP contribution in [-0.2, 0) is 4.79 Å². The maximum absolute atomic E-state index is 10.7. The molecule has 1 aromatic heterocycles. The fourth-order valence-corrected chi connectivity index (χ4v) is 1.18. The van der Waals surface area contributed by atoms with E-state index in [4.69, 9.17) is 4.74 Å². The van der Waals surface area contributed by atoms with Gasteiger partial charge in [0.25, 0.3) is 0 Å². The van der Waals surface area contributed by atoms with E-state index in [0.29, 0.717) is 5.75 Å². The minimum Gasteiger partial charge on any atom is -0.427 e. The number of hydrogen-bond acceptors (Lipinski definition) is 4. The fourth-order valence-electron chi connectivity index (χ4n) is 1.18. The summed E-state index contributed by atoms with van der Waals surface area (Å²) < 4.78 is 6.52. The second-order valence-corrected chi connectivity index (χ2v) is 2.94. The Morgan fingerprint density at radius 3 is 2.60 bits per heavy atom. The van der Waals surface area contributed by atoms with Gasteiger partial charge < -0.3 is 4.74 Å². The Morgan fingerprint density at radius 1 is 1.33 bits per heavy atom. The van der Waals surface area contributed by atoms with Gasteiger partial charge >= 0.3 is 5.97 Å². The summed E-state index contributed by atoms with van der Waals surface area (Å²) in [5.74, 6) is 0.190. The summed E-state index contributed by atoms with van der Waals surface area (Å²) in [4.78, 5) is 10.7. The predicted molar refractivity (Wildman–Crippen MR) is 52.7 cm³/mol. The molecule has 0 saturated heterocycles. The minimum atomic E-state index is -0.330. The average molecular weight is 203 g/mol. The quantitative estimate of drug-likeness (QED) is 0.543. The number of carbonyl (C=O) groups excluding carboxylic acids is 1. The van der Waals surface area contributed by atoms with Crippen LogP contribution < -0.4 is 4.74 Å². The number of carbonyl (C=O) groups is 1. The van der Waals surface area contributed by atoms with Crippen molar-refractivity contribution in [3.8, 4) is 11.4 Å². The standard InChI is InChI=1S/C10H9N3O2/c1-8(14)15-10-4-2-9(3-5-10)13-7-6-11-12-13/h2-7H,1H3. The molecule has 0 radical (unpaired) electrons. The smallest absolute Gasteiger partial charge is 0.308 e. The number of aromatic nitrogens is 3. The van der Waals surface area contributed by atoms with Crippen molar-refractivity contribution in [1.29, 1.82) is 0 Å². The van der Waals surface area contributed by atoms with Gasteiger partial charge in [0, 0.05) is 6.92 Å². The second kappa shape index (κ2) is 3.91. The predicted octanol–water partition coefficient (Wildman–Crippen LogP) is 1.19. The monoisotopic (exact) mass is 203 g/mol. The molecule has 0 atom stereocenters. The topological polar surface area (TPSA) is 57.0 Å². The molecule has 0 aliphatic heterocycles. The van der Waals surface area contributed by atoms with E-state index in [1.165, 1.54) is 6.92 Å². The van der Waals surface area contributed by atoms with Gasteiger partial charge in [-0.25, -0.2) is 4.68 Å². The first-order chi connectivity index (χ1) is 7.25. The Labute approximate surface area is 86.3 Å². The van der Waals surface area contributed by atoms with Crippen molar-refractivity contribution in [2.75, 3.05) is 0 Å². The van der Waals surface area contributed by atoms with Crippen molar-refractivity contribution >= 4 is 5.97 Å². The molecule has 0 N–H and O–H groups in total. The second-order valence-electron chi connectivity index (χ2n) is 2.94. The Hall–Kier alpha value is -2.17. The van der Waals surface area contributed by atoms with E-state index in [1.807, 2.05) is 0 Å². The van der Waals surface area contributed by atoms with Crippen molar-refractivity contribution < 1.29 is 9.53 Å². The average Bonchev–Trinajstić information content (AvgIpc) is 2.71. The molecule has 0 bridgehead atoms. The van der Waals surface area contributed by atoms with Gasteiger partial charge in [0.1, 0.15) is 5.75 Å². The molecule has 15 heavy (non-hydrogen) atoms. The van der Waals surface area contributed by atoms with Crippen LogP contribution in [0.5, 0.6) is 5.75 Å². The number of hydrogen-bond donors (Lipinski definition) is 0. The van der Waals surface area contributed by atoms with Gasteiger partial charge in [0.2, 0.25) is 0 Å². The summed E-state index contributed by atoms with van der Waals surface area (Å²) >= 11 is 0. The van der Waals surface area contributed by atoms with E-state index in [0.717, 1.165) is 5.69 Å². The van der Waals surface area contributed by atoms with Crippen LogP contribution >= 0.6 is 0 Å². The van der Waals surface area contributed by atoms with Crippen molar-refractivity contribution in [2.24, 2.45) is 0 Å². The van der Waals surface area contributed by atoms with E-state index in [9.17, 15) is 4.79 Å². The molecule has 5 heteroatoms. The maximum Gasteiger partial charge on any atom is 0.308 e. The Morgan fingerprint density at radius 2 is 2.07 bits per heavy atom. The first-order valence-corrected chi connectivity index (χ1v) is 4.41. The molecule has 2 rings (SSSR count). The molecule has 0 fully saturated rings. The summed E-state index contributed by atoms with van der Waals surface area (Å²) in [6, 6.07) is 7.01. The number of benzene rings is 1. The highest BCUT2D eigenvalue weighted by atomic mass is 16.5. The Kier molecular flexibility index (Phi) is 2.45. The van der Waals surface area contributed by atoms with Gasteiger partial charge in [-0.2, -0.15) is 0 Å². The first-order valence-electron chi connectivity index (χ1n) is 4.41. The summed E-state index contributed by atoms with van der Waals surface area (Å²) in [6.07, 6.45) is 3.33. The number of rotatable bonds is 2. The van der Waals surface area contributed by atoms with Gasteiger partial charge in [0.05, 0.1) is 18.1 Å². The third-order valence-corrected chi connectivity index (χ3v) is 1.79. The molecule has 0 aliphatic carbocycles. The van der Waals surface area contributed by atoms with Crippen LogP contribution in [0.3, 0.4) is 0 Å². The maximum atomic E-state index is 10.7. The molecule has 0 saturated carbocycles. The molecular weight excluding hydrogens is 194 g/mol. The lowest BCUT2D eigenvalue weighted by Crippen LogP contribution is -2.01. The highest BCUT2D eigenvalue weighted by molar-refractivity contribution is 5.69. The Balaban J connectivity index is 2.21. The lowest BCUT2D eigenvalue weighted by Gasteiger charge is -2.02. The van der Waals surface area contributed by atoms with Crippen LogP contribution in [0.15, 0.2) is 36.7 Å². The normalized spacial score (nSPS) is 9.93. The third-order valence-electron chi connectivity index (χ3n) is 1.79. The van der Waals surface area contributed by atoms with Gasteiger partial charge in [-0.15, -0.1) is 5.10 Å². The summed E-state index contributed by atoms with van der Waals surface area (Å²) in [5.41, 5.74) is 0.864. The zero-order valence-corrected chi connectivity index (χ0v) is 8.12. The fraction of sp³-hybridized carbons (Fsp3) is 0.100. The van der Waals surface area contributed by atoms with Crippen LogP contribution in [0.2, 0.25) is 0 Å². The molecule has 0 amide bonds. The highest BCUT2D eigenvalue weighted by Gasteiger charge is 1.99. The Bertz CT molecular complexity index is 448. The summed E-state index contributed by atoms with van der Waals surface area (Å²) in [6.45, 7) is 1.37. The third kappa shape index (κ3) is 2.19. The van der Waals surface area contributed by atoms with Crippen molar-refractivity contribution in [3.05, 3.63) is 36.7 Å². The van der Waals surface area contributed by atoms with E-state index in [1.54, 1.807) is 41.3 Å². The van der Waals surface area contributed by atoms with Crippen LogP contribution in [0.4, 0.5) is 0 Å². The summed E-state index contributed by atoms with van der Waals surface area (Å²) in [5, 5.41) is 7.53. The molecule has 1 aromatic carbocycles. The zero-order valence-electron chi connectivity index (χ0n) is 8.12. The molecule has 0 unspecified atom stereocenters. The molecule has 2 aromatic rings. The molecular formula is C10H9N3O2. The van der Waals surface area contributed by atoms with Crippen molar-refractivity contribution in [2.45, 2.75) is 6.92 Å². The molecule has 0 spiro atoms. The SMILES string of the molecule is CC(=O)Oc1ccc(-n2ccnn2)cc1. The lowest BCUT2D eigenvalue weighted by molar-refractivity contribution is -0.131. The zero-order chi connectivity index (χ0) is 10.7. The molecule has 76 valence electrons. The molecule has 0 aliphatic rings. The van der Waals surface area contributed by atoms with Crippen LogP contribution in [0, 0.1) is 0 Å².